The average Bonchev–Trinajstić information content (AvgIpc) is 2.96. The van der Waals surface area contributed by atoms with Gasteiger partial charge >= 0.3 is 0 Å². The number of hydrogen-bond acceptors (Lipinski definition) is 1. The fraction of sp³-hybridized carbons (Fsp3) is 0.0870. The SMILES string of the molecule is Cc1ccccc1-c1cc2sc3cc4ccccc4cc3c2c[n+]1C. The number of benzene rings is 3. The van der Waals surface area contributed by atoms with Crippen LogP contribution in [0.4, 0.5) is 0 Å². The Balaban J connectivity index is 1.84. The summed E-state index contributed by atoms with van der Waals surface area (Å²) in [5.74, 6) is 0. The van der Waals surface area contributed by atoms with E-state index in [1.165, 1.54) is 47.8 Å². The molecule has 2 aromatic heterocycles. The second-order valence-corrected chi connectivity index (χ2v) is 7.74. The van der Waals surface area contributed by atoms with Crippen LogP contribution in [0, 0.1) is 6.92 Å². The molecule has 120 valence electrons. The molecule has 5 rings (SSSR count). The first-order chi connectivity index (χ1) is 12.2. The summed E-state index contributed by atoms with van der Waals surface area (Å²) in [6, 6.07) is 24.2. The maximum absolute atomic E-state index is 2.34. The Hall–Kier alpha value is -2.71. The lowest BCUT2D eigenvalue weighted by Gasteiger charge is -2.04. The zero-order valence-electron chi connectivity index (χ0n) is 14.3. The van der Waals surface area contributed by atoms with Crippen molar-refractivity contribution in [1.29, 1.82) is 0 Å². The third kappa shape index (κ3) is 2.25. The van der Waals surface area contributed by atoms with Crippen LogP contribution in [0.2, 0.25) is 0 Å². The smallest absolute Gasteiger partial charge is 0.200 e. The molecular weight excluding hydrogens is 322 g/mol. The highest BCUT2D eigenvalue weighted by Crippen LogP contribution is 2.37. The van der Waals surface area contributed by atoms with Crippen LogP contribution in [0.1, 0.15) is 5.56 Å². The topological polar surface area (TPSA) is 3.88 Å². The van der Waals surface area contributed by atoms with Gasteiger partial charge < -0.3 is 0 Å². The summed E-state index contributed by atoms with van der Waals surface area (Å²) >= 11 is 1.89. The van der Waals surface area contributed by atoms with E-state index in [-0.39, 0.29) is 0 Å². The van der Waals surface area contributed by atoms with Crippen molar-refractivity contribution >= 4 is 42.3 Å². The molecule has 25 heavy (non-hydrogen) atoms. The molecule has 0 saturated carbocycles. The zero-order valence-corrected chi connectivity index (χ0v) is 15.1. The summed E-state index contributed by atoms with van der Waals surface area (Å²) in [4.78, 5) is 0. The van der Waals surface area contributed by atoms with Gasteiger partial charge in [-0.3, -0.25) is 0 Å². The summed E-state index contributed by atoms with van der Waals surface area (Å²) in [7, 11) is 2.14. The summed E-state index contributed by atoms with van der Waals surface area (Å²) in [6.07, 6.45) is 2.28. The summed E-state index contributed by atoms with van der Waals surface area (Å²) in [5.41, 5.74) is 3.88. The lowest BCUT2D eigenvalue weighted by molar-refractivity contribution is -0.659. The van der Waals surface area contributed by atoms with Gasteiger partial charge in [0.1, 0.15) is 7.05 Å². The highest BCUT2D eigenvalue weighted by molar-refractivity contribution is 7.25. The van der Waals surface area contributed by atoms with Gasteiger partial charge in [0.25, 0.3) is 0 Å². The number of thiophene rings is 1. The van der Waals surface area contributed by atoms with Gasteiger partial charge in [-0.25, -0.2) is 4.57 Å². The zero-order chi connectivity index (χ0) is 17.0. The van der Waals surface area contributed by atoms with Crippen LogP contribution in [-0.4, -0.2) is 0 Å². The highest BCUT2D eigenvalue weighted by Gasteiger charge is 2.17. The van der Waals surface area contributed by atoms with Gasteiger partial charge in [-0.2, -0.15) is 0 Å². The van der Waals surface area contributed by atoms with Crippen molar-refractivity contribution in [2.75, 3.05) is 0 Å². The second-order valence-electron chi connectivity index (χ2n) is 6.66. The quantitative estimate of drug-likeness (QED) is 0.329. The van der Waals surface area contributed by atoms with Crippen molar-refractivity contribution in [2.45, 2.75) is 6.92 Å². The van der Waals surface area contributed by atoms with Crippen LogP contribution in [0.3, 0.4) is 0 Å². The van der Waals surface area contributed by atoms with Crippen molar-refractivity contribution in [3.63, 3.8) is 0 Å². The molecule has 1 nitrogen and oxygen atoms in total. The number of nitrogens with zero attached hydrogens (tertiary/aromatic N) is 1. The van der Waals surface area contributed by atoms with E-state index < -0.39 is 0 Å². The average molecular weight is 340 g/mol. The summed E-state index contributed by atoms with van der Waals surface area (Å²) < 4.78 is 4.96. The molecule has 3 aromatic carbocycles. The van der Waals surface area contributed by atoms with Crippen molar-refractivity contribution in [3.05, 3.63) is 78.5 Å². The molecule has 0 radical (unpaired) electrons. The van der Waals surface area contributed by atoms with Gasteiger partial charge in [0.15, 0.2) is 6.20 Å². The number of fused-ring (bicyclic) bond motifs is 4. The van der Waals surface area contributed by atoms with Crippen LogP contribution >= 0.6 is 11.3 Å². The van der Waals surface area contributed by atoms with E-state index in [4.69, 9.17) is 0 Å². The first-order valence-corrected chi connectivity index (χ1v) is 9.33. The van der Waals surface area contributed by atoms with Crippen molar-refractivity contribution < 1.29 is 4.57 Å². The van der Waals surface area contributed by atoms with Crippen molar-refractivity contribution in [1.82, 2.24) is 0 Å². The third-order valence-corrected chi connectivity index (χ3v) is 6.13. The lowest BCUT2D eigenvalue weighted by atomic mass is 10.0. The number of aromatic nitrogens is 1. The fourth-order valence-electron chi connectivity index (χ4n) is 3.68. The van der Waals surface area contributed by atoms with Gasteiger partial charge in [-0.15, -0.1) is 11.3 Å². The lowest BCUT2D eigenvalue weighted by Crippen LogP contribution is -2.30. The van der Waals surface area contributed by atoms with E-state index in [9.17, 15) is 0 Å². The molecule has 0 aliphatic heterocycles. The van der Waals surface area contributed by atoms with Crippen LogP contribution in [-0.2, 0) is 7.05 Å². The van der Waals surface area contributed by atoms with Gasteiger partial charge in [0.2, 0.25) is 5.69 Å². The minimum absolute atomic E-state index is 1.27. The Morgan fingerprint density at radius 2 is 1.44 bits per heavy atom. The van der Waals surface area contributed by atoms with Gasteiger partial charge in [-0.1, -0.05) is 42.5 Å². The Morgan fingerprint density at radius 1 is 0.760 bits per heavy atom. The molecule has 2 heteroatoms. The first kappa shape index (κ1) is 14.6. The van der Waals surface area contributed by atoms with Crippen LogP contribution in [0.25, 0.3) is 42.2 Å². The predicted octanol–water partition coefficient (Wildman–Crippen LogP) is 6.01. The molecule has 0 spiro atoms. The number of hydrogen-bond donors (Lipinski definition) is 0. The van der Waals surface area contributed by atoms with Crippen LogP contribution in [0.15, 0.2) is 72.9 Å². The Bertz CT molecular complexity index is 1260. The van der Waals surface area contributed by atoms with E-state index in [0.717, 1.165) is 0 Å². The minimum atomic E-state index is 1.27. The van der Waals surface area contributed by atoms with Crippen molar-refractivity contribution in [3.8, 4) is 11.3 Å². The van der Waals surface area contributed by atoms with Gasteiger partial charge in [0.05, 0.1) is 5.39 Å². The highest BCUT2D eigenvalue weighted by atomic mass is 32.1. The van der Waals surface area contributed by atoms with Gasteiger partial charge in [-0.05, 0) is 41.5 Å². The van der Waals surface area contributed by atoms with Crippen molar-refractivity contribution in [2.24, 2.45) is 7.05 Å². The van der Waals surface area contributed by atoms with Crippen LogP contribution < -0.4 is 4.57 Å². The predicted molar refractivity (Wildman–Crippen MR) is 108 cm³/mol. The molecule has 0 aliphatic carbocycles. The molecule has 0 saturated heterocycles. The standard InChI is InChI=1S/C23H18NS/c1-15-7-3-6-10-18(15)21-13-23-20(14-24(21)2)19-11-16-8-4-5-9-17(16)12-22(19)25-23/h3-14H,1-2H3/q+1. The minimum Gasteiger partial charge on any atom is -0.200 e. The molecule has 0 amide bonds. The molecule has 0 bridgehead atoms. The molecule has 2 heterocycles. The first-order valence-electron chi connectivity index (χ1n) is 8.51. The maximum Gasteiger partial charge on any atom is 0.213 e. The Morgan fingerprint density at radius 3 is 2.24 bits per heavy atom. The Labute approximate surface area is 150 Å². The van der Waals surface area contributed by atoms with E-state index in [0.29, 0.717) is 0 Å². The van der Waals surface area contributed by atoms with E-state index in [2.05, 4.69) is 91.5 Å². The molecule has 0 aliphatic rings. The number of rotatable bonds is 1. The van der Waals surface area contributed by atoms with Crippen LogP contribution in [0.5, 0.6) is 0 Å². The molecule has 0 atom stereocenters. The van der Waals surface area contributed by atoms with E-state index in [1.807, 2.05) is 11.3 Å². The Kier molecular flexibility index (Phi) is 3.16. The summed E-state index contributed by atoms with van der Waals surface area (Å²) in [5, 5.41) is 5.31. The molecule has 0 fully saturated rings. The molecule has 0 unspecified atom stereocenters. The van der Waals surface area contributed by atoms with E-state index in [1.54, 1.807) is 0 Å². The van der Waals surface area contributed by atoms with Gasteiger partial charge in [0, 0.05) is 26.4 Å². The molecule has 5 aromatic rings. The number of aryl methyl sites for hydroxylation is 2. The van der Waals surface area contributed by atoms with E-state index >= 15 is 0 Å². The molecular formula is C23H18NS+. The largest absolute Gasteiger partial charge is 0.213 e. The number of pyridine rings is 1. The second kappa shape index (κ2) is 5.40. The monoisotopic (exact) mass is 340 g/mol. The normalized spacial score (nSPS) is 11.6. The third-order valence-electron chi connectivity index (χ3n) is 5.02. The fourth-order valence-corrected chi connectivity index (χ4v) is 4.82. The maximum atomic E-state index is 2.34. The molecule has 0 N–H and O–H groups in total. The summed E-state index contributed by atoms with van der Waals surface area (Å²) in [6.45, 7) is 2.18.